The van der Waals surface area contributed by atoms with E-state index in [0.717, 1.165) is 26.1 Å². The summed E-state index contributed by atoms with van der Waals surface area (Å²) in [6, 6.07) is 7.23. The Morgan fingerprint density at radius 2 is 1.93 bits per heavy atom. The minimum absolute atomic E-state index is 0.159. The van der Waals surface area contributed by atoms with Gasteiger partial charge in [0.2, 0.25) is 0 Å². The van der Waals surface area contributed by atoms with Crippen LogP contribution in [0.3, 0.4) is 0 Å². The lowest BCUT2D eigenvalue weighted by Crippen LogP contribution is -2.28. The smallest absolute Gasteiger partial charge is 0.412 e. The molecule has 0 spiro atoms. The van der Waals surface area contributed by atoms with Crippen molar-refractivity contribution in [2.75, 3.05) is 11.9 Å². The molecule has 1 aliphatic rings. The summed E-state index contributed by atoms with van der Waals surface area (Å²) in [6.07, 6.45) is 3.31. The van der Waals surface area contributed by atoms with Gasteiger partial charge in [-0.15, -0.1) is 0 Å². The Bertz CT molecular complexity index is 905. The fourth-order valence-electron chi connectivity index (χ4n) is 3.22. The summed E-state index contributed by atoms with van der Waals surface area (Å²) in [5, 5.41) is 2.59. The van der Waals surface area contributed by atoms with E-state index in [2.05, 4.69) is 22.1 Å². The van der Waals surface area contributed by atoms with Crippen LogP contribution in [0, 0.1) is 0 Å². The molecule has 1 aliphatic heterocycles. The molecule has 154 valence electrons. The second-order valence-electron chi connectivity index (χ2n) is 8.08. The van der Waals surface area contributed by atoms with Gasteiger partial charge in [-0.2, -0.15) is 0 Å². The topological polar surface area (TPSA) is 80.8 Å². The third kappa shape index (κ3) is 5.54. The number of anilines is 1. The standard InChI is InChI=1S/C22H27N3O4/c1-5-10-25-13-15-6-7-17(11-16(15)14-25)28-20(26)18-12-23-9-8-19(18)24-21(27)29-22(2,3)4/h6-9,11-12H,5,10,13-14H2,1-4H3,(H,23,24,27). The molecule has 0 radical (unpaired) electrons. The molecule has 0 bridgehead atoms. The third-order valence-electron chi connectivity index (χ3n) is 4.39. The van der Waals surface area contributed by atoms with Crippen LogP contribution in [0.25, 0.3) is 0 Å². The van der Waals surface area contributed by atoms with Gasteiger partial charge in [0.15, 0.2) is 0 Å². The maximum Gasteiger partial charge on any atom is 0.412 e. The van der Waals surface area contributed by atoms with E-state index in [1.54, 1.807) is 26.8 Å². The van der Waals surface area contributed by atoms with Crippen molar-refractivity contribution in [1.29, 1.82) is 0 Å². The molecule has 0 aliphatic carbocycles. The molecule has 0 saturated carbocycles. The minimum atomic E-state index is -0.647. The van der Waals surface area contributed by atoms with E-state index < -0.39 is 17.7 Å². The monoisotopic (exact) mass is 397 g/mol. The Morgan fingerprint density at radius 3 is 2.66 bits per heavy atom. The highest BCUT2D eigenvalue weighted by Gasteiger charge is 2.22. The molecule has 0 fully saturated rings. The maximum absolute atomic E-state index is 12.7. The zero-order chi connectivity index (χ0) is 21.0. The Kier molecular flexibility index (Phi) is 6.17. The van der Waals surface area contributed by atoms with Crippen LogP contribution < -0.4 is 10.1 Å². The van der Waals surface area contributed by atoms with Crippen molar-refractivity contribution in [3.8, 4) is 5.75 Å². The Morgan fingerprint density at radius 1 is 1.17 bits per heavy atom. The number of rotatable bonds is 5. The van der Waals surface area contributed by atoms with Crippen molar-refractivity contribution in [2.24, 2.45) is 0 Å². The summed E-state index contributed by atoms with van der Waals surface area (Å²) in [5.74, 6) is -0.119. The van der Waals surface area contributed by atoms with E-state index in [4.69, 9.17) is 9.47 Å². The largest absolute Gasteiger partial charge is 0.444 e. The molecule has 7 nitrogen and oxygen atoms in total. The van der Waals surface area contributed by atoms with Crippen LogP contribution in [-0.2, 0) is 17.8 Å². The lowest BCUT2D eigenvalue weighted by Gasteiger charge is -2.20. The van der Waals surface area contributed by atoms with E-state index in [9.17, 15) is 9.59 Å². The van der Waals surface area contributed by atoms with Gasteiger partial charge in [0, 0.05) is 25.5 Å². The van der Waals surface area contributed by atoms with E-state index in [1.807, 2.05) is 12.1 Å². The molecule has 7 heteroatoms. The highest BCUT2D eigenvalue weighted by Crippen LogP contribution is 2.27. The second kappa shape index (κ2) is 8.61. The van der Waals surface area contributed by atoms with Gasteiger partial charge in [0.25, 0.3) is 0 Å². The number of hydrogen-bond donors (Lipinski definition) is 1. The van der Waals surface area contributed by atoms with Crippen LogP contribution in [0.5, 0.6) is 5.75 Å². The van der Waals surface area contributed by atoms with Gasteiger partial charge in [-0.25, -0.2) is 9.59 Å². The van der Waals surface area contributed by atoms with Crippen molar-refractivity contribution >= 4 is 17.7 Å². The average Bonchev–Trinajstić information content (AvgIpc) is 3.02. The first-order chi connectivity index (χ1) is 13.7. The number of fused-ring (bicyclic) bond motifs is 1. The van der Waals surface area contributed by atoms with Gasteiger partial charge < -0.3 is 9.47 Å². The van der Waals surface area contributed by atoms with Gasteiger partial charge >= 0.3 is 12.1 Å². The SMILES string of the molecule is CCCN1Cc2ccc(OC(=O)c3cnccc3NC(=O)OC(C)(C)C)cc2C1. The Labute approximate surface area is 171 Å². The fourth-order valence-corrected chi connectivity index (χ4v) is 3.22. The fraction of sp³-hybridized carbons (Fsp3) is 0.409. The number of esters is 1. The molecule has 3 rings (SSSR count). The lowest BCUT2D eigenvalue weighted by molar-refractivity contribution is 0.0636. The predicted octanol–water partition coefficient (Wildman–Crippen LogP) is 4.37. The Hall–Kier alpha value is -2.93. The van der Waals surface area contributed by atoms with Crippen LogP contribution >= 0.6 is 0 Å². The molecule has 0 atom stereocenters. The van der Waals surface area contributed by atoms with Gasteiger partial charge in [0.1, 0.15) is 16.9 Å². The number of nitrogens with one attached hydrogen (secondary N) is 1. The van der Waals surface area contributed by atoms with E-state index in [-0.39, 0.29) is 11.3 Å². The molecular weight excluding hydrogens is 370 g/mol. The number of carbonyl (C=O) groups is 2. The van der Waals surface area contributed by atoms with Gasteiger partial charge in [-0.05, 0) is 63.1 Å². The normalized spacial score (nSPS) is 13.7. The van der Waals surface area contributed by atoms with Crippen LogP contribution in [0.4, 0.5) is 10.5 Å². The lowest BCUT2D eigenvalue weighted by atomic mass is 10.1. The van der Waals surface area contributed by atoms with Crippen molar-refractivity contribution in [3.05, 3.63) is 53.3 Å². The minimum Gasteiger partial charge on any atom is -0.444 e. The summed E-state index contributed by atoms with van der Waals surface area (Å²) >= 11 is 0. The van der Waals surface area contributed by atoms with Crippen molar-refractivity contribution in [3.63, 3.8) is 0 Å². The zero-order valence-electron chi connectivity index (χ0n) is 17.3. The summed E-state index contributed by atoms with van der Waals surface area (Å²) in [6.45, 7) is 10.3. The molecule has 29 heavy (non-hydrogen) atoms. The number of carbonyl (C=O) groups excluding carboxylic acids is 2. The third-order valence-corrected chi connectivity index (χ3v) is 4.39. The van der Waals surface area contributed by atoms with Crippen molar-refractivity contribution in [2.45, 2.75) is 52.8 Å². The summed E-state index contributed by atoms with van der Waals surface area (Å²) < 4.78 is 10.8. The molecule has 1 amide bonds. The number of hydrogen-bond acceptors (Lipinski definition) is 6. The quantitative estimate of drug-likeness (QED) is 0.596. The predicted molar refractivity (Wildman–Crippen MR) is 110 cm³/mol. The molecular formula is C22H27N3O4. The Balaban J connectivity index is 1.71. The summed E-state index contributed by atoms with van der Waals surface area (Å²) in [4.78, 5) is 31.1. The average molecular weight is 397 g/mol. The van der Waals surface area contributed by atoms with Crippen LogP contribution in [0.1, 0.15) is 55.6 Å². The van der Waals surface area contributed by atoms with E-state index in [0.29, 0.717) is 5.75 Å². The number of ether oxygens (including phenoxy) is 2. The molecule has 1 aromatic carbocycles. The number of aromatic nitrogens is 1. The van der Waals surface area contributed by atoms with Crippen molar-refractivity contribution < 1.29 is 19.1 Å². The highest BCUT2D eigenvalue weighted by molar-refractivity contribution is 6.00. The van der Waals surface area contributed by atoms with Crippen LogP contribution in [0.15, 0.2) is 36.7 Å². The number of pyridine rings is 1. The number of nitrogens with zero attached hydrogens (tertiary/aromatic N) is 2. The first-order valence-electron chi connectivity index (χ1n) is 9.75. The van der Waals surface area contributed by atoms with E-state index in [1.165, 1.54) is 29.6 Å². The van der Waals surface area contributed by atoms with Gasteiger partial charge in [-0.1, -0.05) is 13.0 Å². The van der Waals surface area contributed by atoms with E-state index >= 15 is 0 Å². The van der Waals surface area contributed by atoms with Crippen LogP contribution in [-0.4, -0.2) is 34.1 Å². The zero-order valence-corrected chi connectivity index (χ0v) is 17.3. The number of benzene rings is 1. The molecule has 1 N–H and O–H groups in total. The molecule has 0 saturated heterocycles. The molecule has 1 aromatic heterocycles. The molecule has 2 heterocycles. The highest BCUT2D eigenvalue weighted by atomic mass is 16.6. The summed E-state index contributed by atoms with van der Waals surface area (Å²) in [5.41, 5.74) is 2.23. The first kappa shape index (κ1) is 20.8. The van der Waals surface area contributed by atoms with Crippen molar-refractivity contribution in [1.82, 2.24) is 9.88 Å². The van der Waals surface area contributed by atoms with Gasteiger partial charge in [-0.3, -0.25) is 15.2 Å². The maximum atomic E-state index is 12.7. The van der Waals surface area contributed by atoms with Gasteiger partial charge in [0.05, 0.1) is 5.69 Å². The molecule has 2 aromatic rings. The summed E-state index contributed by atoms with van der Waals surface area (Å²) in [7, 11) is 0. The first-order valence-corrected chi connectivity index (χ1v) is 9.75. The second-order valence-corrected chi connectivity index (χ2v) is 8.08. The van der Waals surface area contributed by atoms with Crippen LogP contribution in [0.2, 0.25) is 0 Å². The molecule has 0 unspecified atom stereocenters. The number of amides is 1.